The van der Waals surface area contributed by atoms with E-state index in [0.717, 1.165) is 0 Å². The second-order valence-corrected chi connectivity index (χ2v) is 6.45. The van der Waals surface area contributed by atoms with Crippen molar-refractivity contribution >= 4 is 46.5 Å². The molecule has 0 spiro atoms. The highest BCUT2D eigenvalue weighted by Crippen LogP contribution is 2.30. The minimum absolute atomic E-state index is 0.114. The molecule has 2 aromatic rings. The first-order chi connectivity index (χ1) is 13.4. The predicted octanol–water partition coefficient (Wildman–Crippen LogP) is 4.52. The quantitative estimate of drug-likeness (QED) is 0.234. The van der Waals surface area contributed by atoms with Crippen molar-refractivity contribution in [3.8, 4) is 0 Å². The van der Waals surface area contributed by atoms with Crippen LogP contribution >= 0.6 is 23.2 Å². The molecule has 0 aliphatic heterocycles. The molecule has 0 heterocycles. The van der Waals surface area contributed by atoms with Gasteiger partial charge in [0.1, 0.15) is 12.4 Å². The minimum atomic E-state index is -0.640. The lowest BCUT2D eigenvalue weighted by Crippen LogP contribution is -2.06. The number of hydrogen-bond acceptors (Lipinski definition) is 5. The van der Waals surface area contributed by atoms with Gasteiger partial charge in [-0.2, -0.15) is 0 Å². The molecule has 0 unspecified atom stereocenters. The number of hydrogen-bond donors (Lipinski definition) is 1. The molecule has 28 heavy (non-hydrogen) atoms. The molecule has 0 aliphatic rings. The largest absolute Gasteiger partial charge is 0.460 e. The highest BCUT2D eigenvalue weighted by molar-refractivity contribution is 6.31. The van der Waals surface area contributed by atoms with Crippen LogP contribution in [-0.4, -0.2) is 30.3 Å². The van der Waals surface area contributed by atoms with Gasteiger partial charge in [0.25, 0.3) is 0 Å². The van der Waals surface area contributed by atoms with Crippen LogP contribution in [0.4, 0.5) is 0 Å². The molecule has 0 amide bonds. The Kier molecular flexibility index (Phi) is 8.26. The topological polar surface area (TPSA) is 72.8 Å². The molecule has 0 fully saturated rings. The number of carbonyl (C=O) groups excluding carboxylic acids is 2. The Labute approximate surface area is 172 Å². The number of aliphatic hydroxyl groups excluding tert-OH is 1. The number of rotatable bonds is 7. The summed E-state index contributed by atoms with van der Waals surface area (Å²) in [5, 5.41) is 9.83. The zero-order chi connectivity index (χ0) is 20.5. The van der Waals surface area contributed by atoms with Crippen LogP contribution in [0.2, 0.25) is 10.0 Å². The van der Waals surface area contributed by atoms with Crippen LogP contribution in [0.15, 0.2) is 60.7 Å². The summed E-state index contributed by atoms with van der Waals surface area (Å²) in [5.74, 6) is -0.913. The number of allylic oxidation sites excluding steroid dienone is 2. The fourth-order valence-electron chi connectivity index (χ4n) is 2.29. The van der Waals surface area contributed by atoms with Gasteiger partial charge >= 0.3 is 11.9 Å². The van der Waals surface area contributed by atoms with Gasteiger partial charge in [0.05, 0.1) is 6.61 Å². The fraction of sp³-hybridized carbons (Fsp3) is 0.143. The molecular formula is C21H18Cl2O5. The third-order valence-corrected chi connectivity index (χ3v) is 3.98. The fourth-order valence-corrected chi connectivity index (χ4v) is 2.54. The monoisotopic (exact) mass is 420 g/mol. The van der Waals surface area contributed by atoms with E-state index in [4.69, 9.17) is 37.8 Å². The molecule has 0 saturated heterocycles. The summed E-state index contributed by atoms with van der Waals surface area (Å²) in [6, 6.07) is 13.6. The zero-order valence-electron chi connectivity index (χ0n) is 15.0. The van der Waals surface area contributed by atoms with E-state index in [2.05, 4.69) is 0 Å². The molecule has 0 aliphatic carbocycles. The molecule has 0 atom stereocenters. The van der Waals surface area contributed by atoms with Gasteiger partial charge in [-0.1, -0.05) is 35.3 Å². The maximum Gasteiger partial charge on any atom is 0.330 e. The second kappa shape index (κ2) is 10.7. The molecule has 0 saturated carbocycles. The highest BCUT2D eigenvalue weighted by Gasteiger charge is 2.14. The maximum atomic E-state index is 11.8. The van der Waals surface area contributed by atoms with Gasteiger partial charge in [-0.25, -0.2) is 4.79 Å². The number of halogens is 2. The number of esters is 2. The van der Waals surface area contributed by atoms with Gasteiger partial charge in [0.15, 0.2) is 0 Å². The summed E-state index contributed by atoms with van der Waals surface area (Å²) in [6.45, 7) is 0.898. The number of benzene rings is 2. The lowest BCUT2D eigenvalue weighted by Gasteiger charge is -2.13. The maximum absolute atomic E-state index is 11.8. The van der Waals surface area contributed by atoms with Gasteiger partial charge in [-0.3, -0.25) is 4.79 Å². The number of aliphatic hydroxyl groups is 1. The minimum Gasteiger partial charge on any atom is -0.460 e. The van der Waals surface area contributed by atoms with Crippen LogP contribution in [0.25, 0.3) is 11.3 Å². The molecule has 0 radical (unpaired) electrons. The number of ether oxygens (including phenoxy) is 2. The first-order valence-electron chi connectivity index (χ1n) is 8.31. The third-order valence-electron chi connectivity index (χ3n) is 3.47. The van der Waals surface area contributed by atoms with Crippen LogP contribution in [0.1, 0.15) is 18.1 Å². The van der Waals surface area contributed by atoms with E-state index in [1.807, 2.05) is 0 Å². The Hall–Kier alpha value is -2.60. The Bertz CT molecular complexity index is 884. The van der Waals surface area contributed by atoms with E-state index in [-0.39, 0.29) is 19.0 Å². The standard InChI is InChI=1S/C21H18Cl2O5/c1-14(25)28-21(16-4-8-18(23)9-5-16)19(10-11-20(26)27-13-12-24)15-2-6-17(22)7-3-15/h2-11,24H,12-13H2,1H3/b11-10+,21-19-. The van der Waals surface area contributed by atoms with Gasteiger partial charge in [-0.15, -0.1) is 0 Å². The Morgan fingerprint density at radius 1 is 0.929 bits per heavy atom. The third kappa shape index (κ3) is 6.53. The lowest BCUT2D eigenvalue weighted by atomic mass is 10.00. The van der Waals surface area contributed by atoms with E-state index in [9.17, 15) is 9.59 Å². The summed E-state index contributed by atoms with van der Waals surface area (Å²) in [6.07, 6.45) is 2.68. The van der Waals surface area contributed by atoms with E-state index < -0.39 is 11.9 Å². The second-order valence-electron chi connectivity index (χ2n) is 5.57. The highest BCUT2D eigenvalue weighted by atomic mass is 35.5. The Morgan fingerprint density at radius 3 is 1.96 bits per heavy atom. The smallest absolute Gasteiger partial charge is 0.330 e. The average molecular weight is 421 g/mol. The van der Waals surface area contributed by atoms with Crippen LogP contribution in [0.5, 0.6) is 0 Å². The first-order valence-corrected chi connectivity index (χ1v) is 9.06. The Morgan fingerprint density at radius 2 is 1.46 bits per heavy atom. The van der Waals surface area contributed by atoms with Crippen molar-refractivity contribution < 1.29 is 24.2 Å². The SMILES string of the molecule is CC(=O)O/C(=C(/C=C/C(=O)OCCO)c1ccc(Cl)cc1)c1ccc(Cl)cc1. The first kappa shape index (κ1) is 21.7. The Balaban J connectivity index is 2.59. The molecule has 146 valence electrons. The van der Waals surface area contributed by atoms with Crippen LogP contribution < -0.4 is 0 Å². The predicted molar refractivity (Wildman–Crippen MR) is 109 cm³/mol. The average Bonchev–Trinajstić information content (AvgIpc) is 2.67. The summed E-state index contributed by atoms with van der Waals surface area (Å²) < 4.78 is 10.3. The van der Waals surface area contributed by atoms with Gasteiger partial charge in [-0.05, 0) is 48.0 Å². The molecule has 5 nitrogen and oxygen atoms in total. The van der Waals surface area contributed by atoms with Crippen molar-refractivity contribution in [3.05, 3.63) is 81.9 Å². The molecular weight excluding hydrogens is 403 g/mol. The molecule has 2 aromatic carbocycles. The molecule has 7 heteroatoms. The summed E-state index contributed by atoms with van der Waals surface area (Å²) in [4.78, 5) is 23.5. The normalized spacial score (nSPS) is 11.9. The molecule has 1 N–H and O–H groups in total. The zero-order valence-corrected chi connectivity index (χ0v) is 16.5. The van der Waals surface area contributed by atoms with Gasteiger partial charge in [0, 0.05) is 34.2 Å². The van der Waals surface area contributed by atoms with Crippen molar-refractivity contribution in [2.75, 3.05) is 13.2 Å². The lowest BCUT2D eigenvalue weighted by molar-refractivity contribution is -0.138. The van der Waals surface area contributed by atoms with Crippen molar-refractivity contribution in [3.63, 3.8) is 0 Å². The van der Waals surface area contributed by atoms with Gasteiger partial charge in [0.2, 0.25) is 0 Å². The summed E-state index contributed by atoms with van der Waals surface area (Å²) in [5.41, 5.74) is 1.73. The molecule has 0 aromatic heterocycles. The van der Waals surface area contributed by atoms with E-state index in [0.29, 0.717) is 26.7 Å². The van der Waals surface area contributed by atoms with E-state index in [1.165, 1.54) is 19.1 Å². The van der Waals surface area contributed by atoms with Crippen molar-refractivity contribution in [2.45, 2.75) is 6.92 Å². The summed E-state index contributed by atoms with van der Waals surface area (Å²) in [7, 11) is 0. The van der Waals surface area contributed by atoms with Crippen LogP contribution in [-0.2, 0) is 19.1 Å². The molecule has 0 bridgehead atoms. The summed E-state index contributed by atoms with van der Waals surface area (Å²) >= 11 is 11.9. The molecule has 2 rings (SSSR count). The number of carbonyl (C=O) groups is 2. The van der Waals surface area contributed by atoms with Gasteiger partial charge < -0.3 is 14.6 Å². The van der Waals surface area contributed by atoms with E-state index >= 15 is 0 Å². The van der Waals surface area contributed by atoms with Crippen molar-refractivity contribution in [1.82, 2.24) is 0 Å². The van der Waals surface area contributed by atoms with Crippen molar-refractivity contribution in [2.24, 2.45) is 0 Å². The van der Waals surface area contributed by atoms with E-state index in [1.54, 1.807) is 48.5 Å². The van der Waals surface area contributed by atoms with Crippen LogP contribution in [0.3, 0.4) is 0 Å². The van der Waals surface area contributed by atoms with Crippen LogP contribution in [0, 0.1) is 0 Å². The van der Waals surface area contributed by atoms with Crippen molar-refractivity contribution in [1.29, 1.82) is 0 Å².